The Balaban J connectivity index is 1.35. The monoisotopic (exact) mass is 372 g/mol. The number of piperidine rings is 1. The number of carbonyl (C=O) groups excluding carboxylic acids is 1. The number of H-pyrrole nitrogens is 1. The highest BCUT2D eigenvalue weighted by Crippen LogP contribution is 2.22. The minimum absolute atomic E-state index is 0.0119. The number of carbonyl (C=O) groups is 2. The van der Waals surface area contributed by atoms with Gasteiger partial charge >= 0.3 is 6.09 Å². The molecule has 3 heterocycles. The number of amides is 2. The minimum Gasteiger partial charge on any atom is -0.465 e. The fourth-order valence-electron chi connectivity index (χ4n) is 4.06. The molecule has 1 aromatic carbocycles. The predicted octanol–water partition coefficient (Wildman–Crippen LogP) is 1.05. The van der Waals surface area contributed by atoms with Crippen LogP contribution in [0.4, 0.5) is 10.6 Å². The molecule has 0 bridgehead atoms. The van der Waals surface area contributed by atoms with Crippen LogP contribution in [-0.4, -0.2) is 87.3 Å². The first kappa shape index (κ1) is 17.6. The molecular weight excluding hydrogens is 348 g/mol. The van der Waals surface area contributed by atoms with Crippen molar-refractivity contribution in [2.75, 3.05) is 45.0 Å². The zero-order chi connectivity index (χ0) is 19.0. The molecule has 2 fully saturated rings. The number of piperazine rings is 1. The van der Waals surface area contributed by atoms with E-state index in [1.165, 1.54) is 4.90 Å². The second kappa shape index (κ2) is 7.07. The number of nitrogens with zero attached hydrogens (tertiary/aromatic N) is 4. The highest BCUT2D eigenvalue weighted by molar-refractivity contribution is 6.00. The number of rotatable bonds is 2. The third-order valence-corrected chi connectivity index (χ3v) is 5.69. The molecule has 144 valence electrons. The average molecular weight is 372 g/mol. The first-order valence-corrected chi connectivity index (χ1v) is 9.28. The van der Waals surface area contributed by atoms with Gasteiger partial charge in [-0.3, -0.25) is 14.8 Å². The molecular formula is C18H24N6O3. The zero-order valence-electron chi connectivity index (χ0n) is 15.1. The number of fused-ring (bicyclic) bond motifs is 1. The largest absolute Gasteiger partial charge is 0.465 e. The standard InChI is InChI=1S/C18H24N6O3/c19-16-14-11-12(1-2-15(14)20-21-16)17(25)23-9-7-22(8-10-23)13-3-5-24(6-4-13)18(26)27/h1-2,11,13H,3-10H2,(H,26,27)(H3,19,20,21). The fraction of sp³-hybridized carbons (Fsp3) is 0.500. The summed E-state index contributed by atoms with van der Waals surface area (Å²) in [5, 5.41) is 16.6. The quantitative estimate of drug-likeness (QED) is 0.725. The lowest BCUT2D eigenvalue weighted by atomic mass is 10.0. The summed E-state index contributed by atoms with van der Waals surface area (Å²) in [5.74, 6) is 0.412. The van der Waals surface area contributed by atoms with Crippen molar-refractivity contribution in [1.29, 1.82) is 0 Å². The summed E-state index contributed by atoms with van der Waals surface area (Å²) in [6.45, 7) is 4.17. The van der Waals surface area contributed by atoms with Gasteiger partial charge in [0.25, 0.3) is 5.91 Å². The fourth-order valence-corrected chi connectivity index (χ4v) is 4.06. The molecule has 27 heavy (non-hydrogen) atoms. The number of hydrogen-bond donors (Lipinski definition) is 3. The van der Waals surface area contributed by atoms with E-state index in [-0.39, 0.29) is 5.91 Å². The van der Waals surface area contributed by atoms with Crippen molar-refractivity contribution >= 4 is 28.7 Å². The van der Waals surface area contributed by atoms with Crippen LogP contribution in [0.5, 0.6) is 0 Å². The molecule has 4 N–H and O–H groups in total. The number of nitrogens with one attached hydrogen (secondary N) is 1. The molecule has 2 aliphatic heterocycles. The number of aromatic nitrogens is 2. The highest BCUT2D eigenvalue weighted by atomic mass is 16.4. The smallest absolute Gasteiger partial charge is 0.407 e. The molecule has 9 nitrogen and oxygen atoms in total. The van der Waals surface area contributed by atoms with Crippen LogP contribution in [0.1, 0.15) is 23.2 Å². The first-order valence-electron chi connectivity index (χ1n) is 9.28. The molecule has 9 heteroatoms. The second-order valence-electron chi connectivity index (χ2n) is 7.20. The Hall–Kier alpha value is -2.81. The van der Waals surface area contributed by atoms with E-state index in [1.807, 2.05) is 11.0 Å². The molecule has 2 aromatic rings. The number of hydrogen-bond acceptors (Lipinski definition) is 5. The Bertz CT molecular complexity index is 850. The van der Waals surface area contributed by atoms with Gasteiger partial charge in [0.15, 0.2) is 5.82 Å². The summed E-state index contributed by atoms with van der Waals surface area (Å²) in [4.78, 5) is 29.6. The topological polar surface area (TPSA) is 119 Å². The van der Waals surface area contributed by atoms with Gasteiger partial charge in [0.05, 0.1) is 5.52 Å². The molecule has 2 saturated heterocycles. The maximum atomic E-state index is 12.8. The van der Waals surface area contributed by atoms with E-state index in [4.69, 9.17) is 10.8 Å². The van der Waals surface area contributed by atoms with Crippen LogP contribution >= 0.6 is 0 Å². The molecule has 0 aliphatic carbocycles. The number of benzene rings is 1. The average Bonchev–Trinajstić information content (AvgIpc) is 3.08. The number of nitrogens with two attached hydrogens (primary N) is 1. The van der Waals surface area contributed by atoms with Crippen molar-refractivity contribution in [3.8, 4) is 0 Å². The van der Waals surface area contributed by atoms with Gasteiger partial charge < -0.3 is 20.6 Å². The van der Waals surface area contributed by atoms with E-state index >= 15 is 0 Å². The molecule has 0 atom stereocenters. The van der Waals surface area contributed by atoms with Gasteiger partial charge in [-0.05, 0) is 31.0 Å². The van der Waals surface area contributed by atoms with E-state index in [9.17, 15) is 9.59 Å². The van der Waals surface area contributed by atoms with Crippen molar-refractivity contribution < 1.29 is 14.7 Å². The molecule has 0 spiro atoms. The molecule has 2 aliphatic rings. The summed E-state index contributed by atoms with van der Waals surface area (Å²) in [5.41, 5.74) is 7.28. The van der Waals surface area contributed by atoms with Gasteiger partial charge in [0, 0.05) is 56.3 Å². The normalized spacial score (nSPS) is 19.6. The van der Waals surface area contributed by atoms with Crippen LogP contribution in [0.2, 0.25) is 0 Å². The minimum atomic E-state index is -0.834. The first-order chi connectivity index (χ1) is 13.0. The Morgan fingerprint density at radius 1 is 1.07 bits per heavy atom. The van der Waals surface area contributed by atoms with Crippen molar-refractivity contribution in [2.24, 2.45) is 0 Å². The number of nitrogen functional groups attached to an aromatic ring is 1. The van der Waals surface area contributed by atoms with Crippen LogP contribution in [0, 0.1) is 0 Å². The third kappa shape index (κ3) is 3.42. The summed E-state index contributed by atoms with van der Waals surface area (Å²) < 4.78 is 0. The van der Waals surface area contributed by atoms with Gasteiger partial charge in [-0.25, -0.2) is 4.79 Å². The van der Waals surface area contributed by atoms with Crippen LogP contribution in [0.3, 0.4) is 0 Å². The molecule has 0 radical (unpaired) electrons. The van der Waals surface area contributed by atoms with Gasteiger partial charge in [-0.1, -0.05) is 0 Å². The van der Waals surface area contributed by atoms with Crippen LogP contribution < -0.4 is 5.73 Å². The Morgan fingerprint density at radius 3 is 2.44 bits per heavy atom. The van der Waals surface area contributed by atoms with E-state index < -0.39 is 6.09 Å². The number of likely N-dealkylation sites (tertiary alicyclic amines) is 1. The van der Waals surface area contributed by atoms with E-state index in [2.05, 4.69) is 15.1 Å². The van der Waals surface area contributed by atoms with Crippen molar-refractivity contribution in [3.05, 3.63) is 23.8 Å². The number of carboxylic acid groups (broad SMARTS) is 1. The number of anilines is 1. The van der Waals surface area contributed by atoms with Crippen LogP contribution in [-0.2, 0) is 0 Å². The van der Waals surface area contributed by atoms with Crippen molar-refractivity contribution in [1.82, 2.24) is 24.9 Å². The SMILES string of the molecule is Nc1n[nH]c2ccc(C(=O)N3CCN(C4CCN(C(=O)O)CC4)CC3)cc12. The Labute approximate surface area is 156 Å². The van der Waals surface area contributed by atoms with Gasteiger partial charge in [0.1, 0.15) is 0 Å². The van der Waals surface area contributed by atoms with Crippen molar-refractivity contribution in [2.45, 2.75) is 18.9 Å². The number of aromatic amines is 1. The predicted molar refractivity (Wildman–Crippen MR) is 101 cm³/mol. The lowest BCUT2D eigenvalue weighted by Crippen LogP contribution is -2.54. The Morgan fingerprint density at radius 2 is 1.78 bits per heavy atom. The molecule has 0 unspecified atom stereocenters. The highest BCUT2D eigenvalue weighted by Gasteiger charge is 2.30. The maximum Gasteiger partial charge on any atom is 0.407 e. The van der Waals surface area contributed by atoms with Gasteiger partial charge in [-0.15, -0.1) is 0 Å². The van der Waals surface area contributed by atoms with E-state index in [0.717, 1.165) is 36.8 Å². The van der Waals surface area contributed by atoms with Crippen LogP contribution in [0.15, 0.2) is 18.2 Å². The Kier molecular flexibility index (Phi) is 4.61. The summed E-state index contributed by atoms with van der Waals surface area (Å²) >= 11 is 0. The molecule has 2 amide bonds. The van der Waals surface area contributed by atoms with Gasteiger partial charge in [0.2, 0.25) is 0 Å². The van der Waals surface area contributed by atoms with Crippen molar-refractivity contribution in [3.63, 3.8) is 0 Å². The summed E-state index contributed by atoms with van der Waals surface area (Å²) in [6, 6.07) is 5.83. The summed E-state index contributed by atoms with van der Waals surface area (Å²) in [7, 11) is 0. The van der Waals surface area contributed by atoms with Crippen LogP contribution in [0.25, 0.3) is 10.9 Å². The molecule has 1 aromatic heterocycles. The van der Waals surface area contributed by atoms with E-state index in [1.54, 1.807) is 12.1 Å². The van der Waals surface area contributed by atoms with Gasteiger partial charge in [-0.2, -0.15) is 5.10 Å². The zero-order valence-corrected chi connectivity index (χ0v) is 15.1. The third-order valence-electron chi connectivity index (χ3n) is 5.69. The van der Waals surface area contributed by atoms with E-state index in [0.29, 0.717) is 43.6 Å². The lowest BCUT2D eigenvalue weighted by Gasteiger charge is -2.42. The maximum absolute atomic E-state index is 12.8. The molecule has 0 saturated carbocycles. The second-order valence-corrected chi connectivity index (χ2v) is 7.20. The molecule has 4 rings (SSSR count). The lowest BCUT2D eigenvalue weighted by molar-refractivity contribution is 0.0451. The summed E-state index contributed by atoms with van der Waals surface area (Å²) in [6.07, 6.45) is 0.881.